The van der Waals surface area contributed by atoms with Crippen molar-refractivity contribution in [2.45, 2.75) is 19.9 Å². The third-order valence-electron chi connectivity index (χ3n) is 4.62. The molecule has 2 aromatic rings. The van der Waals surface area contributed by atoms with E-state index < -0.39 is 0 Å². The van der Waals surface area contributed by atoms with Gasteiger partial charge in [-0.05, 0) is 41.8 Å². The lowest BCUT2D eigenvalue weighted by molar-refractivity contribution is -0.118. The quantitative estimate of drug-likeness (QED) is 0.764. The molecule has 0 saturated heterocycles. The highest BCUT2D eigenvalue weighted by Crippen LogP contribution is 2.35. The highest BCUT2D eigenvalue weighted by atomic mass is 16.5. The fraction of sp³-hybridized carbons (Fsp3) is 0.182. The molecule has 0 unspecified atom stereocenters. The zero-order valence-corrected chi connectivity index (χ0v) is 15.0. The van der Waals surface area contributed by atoms with Crippen LogP contribution in [0.15, 0.2) is 54.6 Å². The van der Waals surface area contributed by atoms with E-state index in [2.05, 4.69) is 6.58 Å². The Hall–Kier alpha value is -3.14. The van der Waals surface area contributed by atoms with Crippen LogP contribution in [-0.2, 0) is 20.9 Å². The van der Waals surface area contributed by atoms with Crippen LogP contribution in [0.2, 0.25) is 0 Å². The summed E-state index contributed by atoms with van der Waals surface area (Å²) >= 11 is 0. The van der Waals surface area contributed by atoms with Crippen molar-refractivity contribution in [2.75, 3.05) is 12.0 Å². The van der Waals surface area contributed by atoms with Gasteiger partial charge < -0.3 is 9.64 Å². The van der Waals surface area contributed by atoms with Gasteiger partial charge in [0.05, 0.1) is 25.8 Å². The smallest absolute Gasteiger partial charge is 0.232 e. The molecule has 0 bridgehead atoms. The largest absolute Gasteiger partial charge is 0.496 e. The Kier molecular flexibility index (Phi) is 5.03. The Morgan fingerprint density at radius 1 is 1.23 bits per heavy atom. The van der Waals surface area contributed by atoms with Crippen LogP contribution in [-0.4, -0.2) is 19.3 Å². The normalized spacial score (nSPS) is 13.9. The molecule has 0 saturated carbocycles. The highest BCUT2D eigenvalue weighted by Gasteiger charge is 2.28. The molecule has 1 amide bonds. The van der Waals surface area contributed by atoms with Crippen molar-refractivity contribution in [3.05, 3.63) is 76.9 Å². The number of aldehydes is 1. The van der Waals surface area contributed by atoms with Gasteiger partial charge in [-0.25, -0.2) is 0 Å². The van der Waals surface area contributed by atoms with E-state index in [1.807, 2.05) is 55.5 Å². The van der Waals surface area contributed by atoms with Gasteiger partial charge in [0.15, 0.2) is 0 Å². The molecule has 0 atom stereocenters. The number of hydrogen-bond donors (Lipinski definition) is 0. The number of amides is 1. The number of carbonyl (C=O) groups is 2. The molecule has 0 N–H and O–H groups in total. The Morgan fingerprint density at radius 2 is 2.00 bits per heavy atom. The van der Waals surface area contributed by atoms with E-state index in [9.17, 15) is 9.59 Å². The molecule has 132 valence electrons. The predicted molar refractivity (Wildman–Crippen MR) is 104 cm³/mol. The van der Waals surface area contributed by atoms with Crippen LogP contribution in [0.5, 0.6) is 0 Å². The predicted octanol–water partition coefficient (Wildman–Crippen LogP) is 4.13. The third-order valence-corrected chi connectivity index (χ3v) is 4.62. The summed E-state index contributed by atoms with van der Waals surface area (Å²) in [5.41, 5.74) is 5.04. The lowest BCUT2D eigenvalue weighted by atomic mass is 10.0. The number of carbonyl (C=O) groups excluding carboxylic acids is 2. The van der Waals surface area contributed by atoms with Crippen molar-refractivity contribution in [2.24, 2.45) is 0 Å². The maximum Gasteiger partial charge on any atom is 0.232 e. The molecule has 0 fully saturated rings. The van der Waals surface area contributed by atoms with Gasteiger partial charge in [0.25, 0.3) is 0 Å². The van der Waals surface area contributed by atoms with Crippen molar-refractivity contribution in [3.8, 4) is 0 Å². The number of para-hydroxylation sites is 1. The minimum atomic E-state index is -0.132. The first-order valence-corrected chi connectivity index (χ1v) is 8.43. The molecule has 1 heterocycles. The maximum absolute atomic E-state index is 12.9. The van der Waals surface area contributed by atoms with E-state index in [1.54, 1.807) is 4.90 Å². The van der Waals surface area contributed by atoms with E-state index in [4.69, 9.17) is 4.74 Å². The second kappa shape index (κ2) is 7.40. The van der Waals surface area contributed by atoms with E-state index >= 15 is 0 Å². The molecule has 26 heavy (non-hydrogen) atoms. The summed E-state index contributed by atoms with van der Waals surface area (Å²) in [5.74, 6) is 0.328. The zero-order valence-electron chi connectivity index (χ0n) is 15.0. The summed E-state index contributed by atoms with van der Waals surface area (Å²) < 4.78 is 5.46. The van der Waals surface area contributed by atoms with Crippen LogP contribution in [0.25, 0.3) is 11.8 Å². The number of nitrogens with zero attached hydrogens (tertiary/aromatic N) is 1. The molecule has 0 aromatic heterocycles. The molecule has 2 aromatic carbocycles. The first kappa shape index (κ1) is 17.7. The van der Waals surface area contributed by atoms with Gasteiger partial charge in [0, 0.05) is 11.1 Å². The van der Waals surface area contributed by atoms with E-state index in [1.165, 1.54) is 7.11 Å². The highest BCUT2D eigenvalue weighted by molar-refractivity contribution is 6.05. The fourth-order valence-corrected chi connectivity index (χ4v) is 3.25. The molecule has 0 spiro atoms. The number of ether oxygens (including phenoxy) is 1. The van der Waals surface area contributed by atoms with Gasteiger partial charge in [-0.2, -0.15) is 0 Å². The SMILES string of the molecule is C=Cc1cc(CN2C(=O)CC(C=O)=C(OC)c3ccccc32)ccc1C. The molecule has 4 nitrogen and oxygen atoms in total. The Bertz CT molecular complexity index is 911. The van der Waals surface area contributed by atoms with Crippen molar-refractivity contribution < 1.29 is 14.3 Å². The van der Waals surface area contributed by atoms with Crippen LogP contribution in [0, 0.1) is 6.92 Å². The number of fused-ring (bicyclic) bond motifs is 1. The molecular weight excluding hydrogens is 326 g/mol. The first-order valence-electron chi connectivity index (χ1n) is 8.43. The summed E-state index contributed by atoms with van der Waals surface area (Å²) in [6, 6.07) is 13.6. The van der Waals surface area contributed by atoms with E-state index in [0.29, 0.717) is 24.2 Å². The number of methoxy groups -OCH3 is 1. The van der Waals surface area contributed by atoms with Gasteiger partial charge >= 0.3 is 0 Å². The third kappa shape index (κ3) is 3.18. The van der Waals surface area contributed by atoms with Gasteiger partial charge in [0.1, 0.15) is 12.0 Å². The monoisotopic (exact) mass is 347 g/mol. The summed E-state index contributed by atoms with van der Waals surface area (Å²) in [5, 5.41) is 0. The van der Waals surface area contributed by atoms with Crippen molar-refractivity contribution >= 4 is 29.7 Å². The first-order chi connectivity index (χ1) is 12.6. The Labute approximate surface area is 153 Å². The molecule has 4 heteroatoms. The lowest BCUT2D eigenvalue weighted by Crippen LogP contribution is -2.30. The van der Waals surface area contributed by atoms with E-state index in [-0.39, 0.29) is 12.3 Å². The maximum atomic E-state index is 12.9. The van der Waals surface area contributed by atoms with Crippen LogP contribution < -0.4 is 4.90 Å². The average Bonchev–Trinajstić information content (AvgIpc) is 2.77. The second-order valence-electron chi connectivity index (χ2n) is 6.25. The number of hydrogen-bond acceptors (Lipinski definition) is 3. The average molecular weight is 347 g/mol. The summed E-state index contributed by atoms with van der Waals surface area (Å²) in [6.07, 6.45) is 2.53. The van der Waals surface area contributed by atoms with Gasteiger partial charge in [0.2, 0.25) is 5.91 Å². The minimum Gasteiger partial charge on any atom is -0.496 e. The van der Waals surface area contributed by atoms with Crippen LogP contribution in [0.1, 0.15) is 28.7 Å². The molecular formula is C22H21NO3. The zero-order chi connectivity index (χ0) is 18.7. The summed E-state index contributed by atoms with van der Waals surface area (Å²) in [7, 11) is 1.52. The van der Waals surface area contributed by atoms with Gasteiger partial charge in [-0.15, -0.1) is 0 Å². The van der Waals surface area contributed by atoms with Crippen molar-refractivity contribution in [1.29, 1.82) is 0 Å². The van der Waals surface area contributed by atoms with Crippen LogP contribution in [0.3, 0.4) is 0 Å². The standard InChI is InChI=1S/C22H21NO3/c1-4-17-11-16(10-9-15(17)2)13-23-20-8-6-5-7-19(20)22(26-3)18(14-24)12-21(23)25/h4-11,14H,1,12-13H2,2-3H3. The molecule has 0 aliphatic carbocycles. The fourth-order valence-electron chi connectivity index (χ4n) is 3.25. The van der Waals surface area contributed by atoms with Gasteiger partial charge in [-0.3, -0.25) is 9.59 Å². The molecule has 1 aliphatic heterocycles. The second-order valence-corrected chi connectivity index (χ2v) is 6.25. The summed E-state index contributed by atoms with van der Waals surface area (Å²) in [4.78, 5) is 26.1. The number of benzene rings is 2. The number of anilines is 1. The van der Waals surface area contributed by atoms with Crippen LogP contribution in [0.4, 0.5) is 5.69 Å². The topological polar surface area (TPSA) is 46.6 Å². The molecule has 1 aliphatic rings. The Balaban J connectivity index is 2.07. The number of rotatable bonds is 5. The Morgan fingerprint density at radius 3 is 2.69 bits per heavy atom. The summed E-state index contributed by atoms with van der Waals surface area (Å²) in [6.45, 7) is 6.29. The van der Waals surface area contributed by atoms with Crippen molar-refractivity contribution in [1.82, 2.24) is 0 Å². The van der Waals surface area contributed by atoms with Crippen LogP contribution >= 0.6 is 0 Å². The molecule has 0 radical (unpaired) electrons. The minimum absolute atomic E-state index is 0.0154. The molecule has 3 rings (SSSR count). The lowest BCUT2D eigenvalue weighted by Gasteiger charge is -2.24. The van der Waals surface area contributed by atoms with Crippen molar-refractivity contribution in [3.63, 3.8) is 0 Å². The number of aryl methyl sites for hydroxylation is 1. The van der Waals surface area contributed by atoms with Gasteiger partial charge in [-0.1, -0.05) is 36.9 Å². The van der Waals surface area contributed by atoms with E-state index in [0.717, 1.165) is 27.9 Å².